The summed E-state index contributed by atoms with van der Waals surface area (Å²) in [6.07, 6.45) is 7.15. The largest absolute Gasteiger partial charge is 0.347 e. The van der Waals surface area contributed by atoms with E-state index in [4.69, 9.17) is 9.47 Å². The van der Waals surface area contributed by atoms with E-state index in [9.17, 15) is 4.79 Å². The van der Waals surface area contributed by atoms with Gasteiger partial charge in [-0.3, -0.25) is 0 Å². The van der Waals surface area contributed by atoms with E-state index < -0.39 is 5.79 Å². The number of likely N-dealkylation sites (tertiary alicyclic amines) is 1. The highest BCUT2D eigenvalue weighted by Crippen LogP contribution is 2.37. The van der Waals surface area contributed by atoms with Crippen molar-refractivity contribution in [2.75, 3.05) is 32.8 Å². The first-order valence-electron chi connectivity index (χ1n) is 8.82. The molecule has 22 heavy (non-hydrogen) atoms. The van der Waals surface area contributed by atoms with Crippen molar-refractivity contribution in [3.63, 3.8) is 0 Å². The molecule has 1 unspecified atom stereocenters. The van der Waals surface area contributed by atoms with E-state index in [1.165, 1.54) is 25.7 Å². The van der Waals surface area contributed by atoms with Crippen LogP contribution in [0.5, 0.6) is 0 Å². The van der Waals surface area contributed by atoms with E-state index >= 15 is 0 Å². The van der Waals surface area contributed by atoms with Gasteiger partial charge >= 0.3 is 6.03 Å². The number of nitrogens with zero attached hydrogens (tertiary/aromatic N) is 1. The molecule has 3 rings (SSSR count). The van der Waals surface area contributed by atoms with Crippen LogP contribution in [0.1, 0.15) is 52.4 Å². The standard InChI is InChI=1S/C17H30N2O3/c1-16(7-3-4-8-16)13-18-15(20)19-9-5-6-14(12-19)17(2)21-10-11-22-17/h14H,3-13H2,1-2H3,(H,18,20). The Kier molecular flexibility index (Phi) is 4.64. The van der Waals surface area contributed by atoms with E-state index in [1.807, 2.05) is 11.8 Å². The zero-order chi connectivity index (χ0) is 15.6. The number of amides is 2. The molecule has 0 aromatic rings. The lowest BCUT2D eigenvalue weighted by molar-refractivity contribution is -0.189. The van der Waals surface area contributed by atoms with Crippen molar-refractivity contribution in [1.29, 1.82) is 0 Å². The Morgan fingerprint density at radius 2 is 1.86 bits per heavy atom. The van der Waals surface area contributed by atoms with E-state index in [1.54, 1.807) is 0 Å². The second-order valence-corrected chi connectivity index (χ2v) is 7.67. The fourth-order valence-corrected chi connectivity index (χ4v) is 4.16. The molecule has 2 amide bonds. The summed E-state index contributed by atoms with van der Waals surface area (Å²) in [5.74, 6) is -0.229. The second-order valence-electron chi connectivity index (χ2n) is 7.67. The van der Waals surface area contributed by atoms with Gasteiger partial charge in [0, 0.05) is 25.6 Å². The first-order valence-corrected chi connectivity index (χ1v) is 8.82. The first-order chi connectivity index (χ1) is 10.5. The molecule has 5 nitrogen and oxygen atoms in total. The van der Waals surface area contributed by atoms with Gasteiger partial charge in [0.25, 0.3) is 0 Å². The van der Waals surface area contributed by atoms with E-state index in [0.717, 1.165) is 32.5 Å². The lowest BCUT2D eigenvalue weighted by Gasteiger charge is -2.40. The summed E-state index contributed by atoms with van der Waals surface area (Å²) in [6, 6.07) is 0.0828. The van der Waals surface area contributed by atoms with Crippen LogP contribution < -0.4 is 5.32 Å². The number of carbonyl (C=O) groups is 1. The van der Waals surface area contributed by atoms with Gasteiger partial charge in [-0.05, 0) is 38.0 Å². The number of piperidine rings is 1. The molecule has 3 fully saturated rings. The predicted molar refractivity (Wildman–Crippen MR) is 84.6 cm³/mol. The van der Waals surface area contributed by atoms with Gasteiger partial charge in [-0.25, -0.2) is 4.79 Å². The summed E-state index contributed by atoms with van der Waals surface area (Å²) in [7, 11) is 0. The Morgan fingerprint density at radius 3 is 2.55 bits per heavy atom. The van der Waals surface area contributed by atoms with Gasteiger partial charge in [-0.15, -0.1) is 0 Å². The monoisotopic (exact) mass is 310 g/mol. The molecule has 1 N–H and O–H groups in total. The van der Waals surface area contributed by atoms with Crippen LogP contribution in [0.2, 0.25) is 0 Å². The van der Waals surface area contributed by atoms with Crippen LogP contribution >= 0.6 is 0 Å². The van der Waals surface area contributed by atoms with Crippen LogP contribution in [0.15, 0.2) is 0 Å². The average Bonchev–Trinajstić information content (AvgIpc) is 3.15. The van der Waals surface area contributed by atoms with Gasteiger partial charge in [-0.2, -0.15) is 0 Å². The van der Waals surface area contributed by atoms with Crippen molar-refractivity contribution >= 4 is 6.03 Å². The summed E-state index contributed by atoms with van der Waals surface area (Å²) in [5, 5.41) is 3.16. The normalized spacial score (nSPS) is 30.5. The lowest BCUT2D eigenvalue weighted by Crippen LogP contribution is -2.52. The Balaban J connectivity index is 1.51. The Hall–Kier alpha value is -0.810. The third kappa shape index (κ3) is 3.40. The van der Waals surface area contributed by atoms with E-state index in [0.29, 0.717) is 18.6 Å². The molecule has 5 heteroatoms. The Morgan fingerprint density at radius 1 is 1.18 bits per heavy atom. The summed E-state index contributed by atoms with van der Waals surface area (Å²) in [4.78, 5) is 14.4. The Labute approximate surface area is 133 Å². The Bertz CT molecular complexity index is 401. The van der Waals surface area contributed by atoms with Gasteiger partial charge in [0.1, 0.15) is 0 Å². The molecule has 2 saturated heterocycles. The lowest BCUT2D eigenvalue weighted by atomic mass is 9.89. The molecule has 0 aromatic carbocycles. The maximum atomic E-state index is 12.5. The number of hydrogen-bond acceptors (Lipinski definition) is 3. The number of nitrogens with one attached hydrogen (secondary N) is 1. The van der Waals surface area contributed by atoms with Crippen molar-refractivity contribution in [3.8, 4) is 0 Å². The predicted octanol–water partition coefficient (Wildman–Crippen LogP) is 2.75. The smallest absolute Gasteiger partial charge is 0.317 e. The van der Waals surface area contributed by atoms with Crippen LogP contribution in [-0.4, -0.2) is 49.6 Å². The zero-order valence-corrected chi connectivity index (χ0v) is 14.0. The highest BCUT2D eigenvalue weighted by atomic mass is 16.7. The fraction of sp³-hybridized carbons (Fsp3) is 0.941. The molecule has 0 spiro atoms. The molecular weight excluding hydrogens is 280 g/mol. The van der Waals surface area contributed by atoms with E-state index in [2.05, 4.69) is 12.2 Å². The minimum absolute atomic E-state index is 0.0828. The van der Waals surface area contributed by atoms with Gasteiger partial charge < -0.3 is 19.7 Å². The van der Waals surface area contributed by atoms with Crippen molar-refractivity contribution in [2.45, 2.75) is 58.2 Å². The quantitative estimate of drug-likeness (QED) is 0.872. The van der Waals surface area contributed by atoms with Crippen molar-refractivity contribution in [3.05, 3.63) is 0 Å². The van der Waals surface area contributed by atoms with Gasteiger partial charge in [0.05, 0.1) is 13.2 Å². The topological polar surface area (TPSA) is 50.8 Å². The van der Waals surface area contributed by atoms with Gasteiger partial charge in [0.2, 0.25) is 0 Å². The number of hydrogen-bond donors (Lipinski definition) is 1. The highest BCUT2D eigenvalue weighted by molar-refractivity contribution is 5.74. The van der Waals surface area contributed by atoms with Crippen LogP contribution in [0.25, 0.3) is 0 Å². The number of rotatable bonds is 3. The third-order valence-electron chi connectivity index (χ3n) is 5.79. The fourth-order valence-electron chi connectivity index (χ4n) is 4.16. The van der Waals surface area contributed by atoms with Crippen LogP contribution in [0.4, 0.5) is 4.79 Å². The molecule has 126 valence electrons. The van der Waals surface area contributed by atoms with Crippen LogP contribution in [-0.2, 0) is 9.47 Å². The molecule has 0 aromatic heterocycles. The van der Waals surface area contributed by atoms with Gasteiger partial charge in [-0.1, -0.05) is 19.8 Å². The van der Waals surface area contributed by atoms with Crippen LogP contribution in [0, 0.1) is 11.3 Å². The number of carbonyl (C=O) groups excluding carboxylic acids is 1. The number of ether oxygens (including phenoxy) is 2. The second kappa shape index (κ2) is 6.36. The van der Waals surface area contributed by atoms with Crippen molar-refractivity contribution < 1.29 is 14.3 Å². The SMILES string of the molecule is CC1(CNC(=O)N2CCCC(C3(C)OCCO3)C2)CCCC1. The van der Waals surface area contributed by atoms with Crippen molar-refractivity contribution in [1.82, 2.24) is 10.2 Å². The maximum absolute atomic E-state index is 12.5. The summed E-state index contributed by atoms with van der Waals surface area (Å²) in [6.45, 7) is 8.02. The van der Waals surface area contributed by atoms with Gasteiger partial charge in [0.15, 0.2) is 5.79 Å². The first kappa shape index (κ1) is 16.1. The molecule has 2 aliphatic heterocycles. The molecule has 1 aliphatic carbocycles. The van der Waals surface area contributed by atoms with Crippen molar-refractivity contribution in [2.24, 2.45) is 11.3 Å². The molecular formula is C17H30N2O3. The molecule has 1 saturated carbocycles. The maximum Gasteiger partial charge on any atom is 0.317 e. The summed E-state index contributed by atoms with van der Waals surface area (Å²) < 4.78 is 11.6. The molecule has 2 heterocycles. The minimum Gasteiger partial charge on any atom is -0.347 e. The molecule has 0 bridgehead atoms. The average molecular weight is 310 g/mol. The third-order valence-corrected chi connectivity index (χ3v) is 5.79. The number of urea groups is 1. The molecule has 1 atom stereocenters. The van der Waals surface area contributed by atoms with E-state index in [-0.39, 0.29) is 11.9 Å². The summed E-state index contributed by atoms with van der Waals surface area (Å²) in [5.41, 5.74) is 0.300. The highest BCUT2D eigenvalue weighted by Gasteiger charge is 2.42. The molecule has 3 aliphatic rings. The zero-order valence-electron chi connectivity index (χ0n) is 14.0. The summed E-state index contributed by atoms with van der Waals surface area (Å²) >= 11 is 0. The van der Waals surface area contributed by atoms with Crippen LogP contribution in [0.3, 0.4) is 0 Å². The molecule has 0 radical (unpaired) electrons. The minimum atomic E-state index is -0.504.